The van der Waals surface area contributed by atoms with Gasteiger partial charge in [-0.1, -0.05) is 39.8 Å². The lowest BCUT2D eigenvalue weighted by molar-refractivity contribution is 0.0152. The standard InChI is InChI=1S/C19H17BrN4O3S/c20-13-5-3-12(4-6-13)15(23-7-10-26-11-8-23)16-18(25)24-19(28-16)21-17(22-24)14-2-1-9-27-14/h1-6,9,15-16H,7-8,10-11H2. The van der Waals surface area contributed by atoms with E-state index < -0.39 is 0 Å². The van der Waals surface area contributed by atoms with E-state index in [4.69, 9.17) is 9.15 Å². The van der Waals surface area contributed by atoms with Crippen LogP contribution in [-0.2, 0) is 4.74 Å². The molecule has 2 aliphatic heterocycles. The van der Waals surface area contributed by atoms with Gasteiger partial charge >= 0.3 is 0 Å². The molecule has 0 N–H and O–H groups in total. The number of carbonyl (C=O) groups is 1. The highest BCUT2D eigenvalue weighted by Gasteiger charge is 2.43. The molecule has 28 heavy (non-hydrogen) atoms. The molecule has 2 atom stereocenters. The van der Waals surface area contributed by atoms with Gasteiger partial charge in [-0.2, -0.15) is 9.67 Å². The number of hydrogen-bond acceptors (Lipinski definition) is 7. The summed E-state index contributed by atoms with van der Waals surface area (Å²) >= 11 is 4.96. The van der Waals surface area contributed by atoms with Gasteiger partial charge < -0.3 is 9.15 Å². The van der Waals surface area contributed by atoms with Crippen molar-refractivity contribution in [1.29, 1.82) is 0 Å². The Balaban J connectivity index is 1.47. The number of rotatable bonds is 4. The smallest absolute Gasteiger partial charge is 0.264 e. The van der Waals surface area contributed by atoms with Gasteiger partial charge in [-0.3, -0.25) is 9.69 Å². The molecule has 0 aliphatic carbocycles. The van der Waals surface area contributed by atoms with Gasteiger partial charge in [-0.15, -0.1) is 5.10 Å². The van der Waals surface area contributed by atoms with Gasteiger partial charge in [0.25, 0.3) is 5.91 Å². The SMILES string of the molecule is O=C1C(C(c2ccc(Br)cc2)N2CCOCC2)Sc2nc(-c3ccco3)nn21. The van der Waals surface area contributed by atoms with Crippen LogP contribution in [0.3, 0.4) is 0 Å². The first-order valence-corrected chi connectivity index (χ1v) is 10.7. The summed E-state index contributed by atoms with van der Waals surface area (Å²) in [6.07, 6.45) is 1.57. The summed E-state index contributed by atoms with van der Waals surface area (Å²) in [6.45, 7) is 2.92. The monoisotopic (exact) mass is 460 g/mol. The lowest BCUT2D eigenvalue weighted by Crippen LogP contribution is -2.44. The quantitative estimate of drug-likeness (QED) is 0.589. The first kappa shape index (κ1) is 18.1. The van der Waals surface area contributed by atoms with Crippen LogP contribution in [0.2, 0.25) is 0 Å². The number of thioether (sulfide) groups is 1. The number of benzene rings is 1. The minimum atomic E-state index is -0.306. The highest BCUT2D eigenvalue weighted by Crippen LogP contribution is 2.42. The van der Waals surface area contributed by atoms with E-state index >= 15 is 0 Å². The summed E-state index contributed by atoms with van der Waals surface area (Å²) in [5.74, 6) is 0.945. The average Bonchev–Trinajstić information content (AvgIpc) is 3.43. The van der Waals surface area contributed by atoms with E-state index in [0.29, 0.717) is 30.0 Å². The molecule has 1 saturated heterocycles. The largest absolute Gasteiger partial charge is 0.461 e. The molecular formula is C19H17BrN4O3S. The highest BCUT2D eigenvalue weighted by molar-refractivity contribution is 9.10. The minimum Gasteiger partial charge on any atom is -0.461 e. The second-order valence-electron chi connectivity index (χ2n) is 6.63. The third-order valence-electron chi connectivity index (χ3n) is 4.94. The summed E-state index contributed by atoms with van der Waals surface area (Å²) in [4.78, 5) is 20.1. The topological polar surface area (TPSA) is 73.4 Å². The number of carbonyl (C=O) groups excluding carboxylic acids is 1. The lowest BCUT2D eigenvalue weighted by Gasteiger charge is -2.36. The van der Waals surface area contributed by atoms with Crippen molar-refractivity contribution < 1.29 is 13.9 Å². The predicted octanol–water partition coefficient (Wildman–Crippen LogP) is 3.49. The van der Waals surface area contributed by atoms with Gasteiger partial charge in [0, 0.05) is 17.6 Å². The average molecular weight is 461 g/mol. The Morgan fingerprint density at radius 2 is 1.96 bits per heavy atom. The highest BCUT2D eigenvalue weighted by atomic mass is 79.9. The number of fused-ring (bicyclic) bond motifs is 1. The molecular weight excluding hydrogens is 444 g/mol. The summed E-state index contributed by atoms with van der Waals surface area (Å²) < 4.78 is 13.3. The maximum atomic E-state index is 13.2. The maximum Gasteiger partial charge on any atom is 0.264 e. The Labute approximate surface area is 174 Å². The first-order valence-electron chi connectivity index (χ1n) is 9.00. The van der Waals surface area contributed by atoms with Crippen molar-refractivity contribution in [3.63, 3.8) is 0 Å². The summed E-state index contributed by atoms with van der Waals surface area (Å²) in [5, 5.41) is 4.69. The summed E-state index contributed by atoms with van der Waals surface area (Å²) in [6, 6.07) is 11.7. The van der Waals surface area contributed by atoms with E-state index in [9.17, 15) is 4.79 Å². The molecule has 2 aliphatic rings. The molecule has 7 nitrogen and oxygen atoms in total. The van der Waals surface area contributed by atoms with Gasteiger partial charge in [0.15, 0.2) is 10.9 Å². The van der Waals surface area contributed by atoms with Crippen molar-refractivity contribution in [3.05, 3.63) is 52.7 Å². The second kappa shape index (κ2) is 7.47. The Hall–Kier alpha value is -1.94. The zero-order valence-corrected chi connectivity index (χ0v) is 17.2. The molecule has 0 spiro atoms. The van der Waals surface area contributed by atoms with E-state index in [1.807, 2.05) is 12.1 Å². The van der Waals surface area contributed by atoms with Crippen molar-refractivity contribution in [3.8, 4) is 11.6 Å². The van der Waals surface area contributed by atoms with Crippen LogP contribution in [0.15, 0.2) is 56.7 Å². The second-order valence-corrected chi connectivity index (χ2v) is 8.65. The molecule has 2 unspecified atom stereocenters. The normalized spacial score (nSPS) is 21.0. The van der Waals surface area contributed by atoms with E-state index in [2.05, 4.69) is 43.0 Å². The fourth-order valence-corrected chi connectivity index (χ4v) is 5.12. The number of ether oxygens (including phenoxy) is 1. The number of nitrogens with zero attached hydrogens (tertiary/aromatic N) is 4. The molecule has 9 heteroatoms. The molecule has 0 radical (unpaired) electrons. The van der Waals surface area contributed by atoms with E-state index in [1.54, 1.807) is 18.4 Å². The molecule has 5 rings (SSSR count). The van der Waals surface area contributed by atoms with Crippen LogP contribution >= 0.6 is 27.7 Å². The first-order chi connectivity index (χ1) is 13.7. The number of halogens is 1. The third-order valence-corrected chi connectivity index (χ3v) is 6.66. The molecule has 144 valence electrons. The Morgan fingerprint density at radius 1 is 1.18 bits per heavy atom. The molecule has 0 saturated carbocycles. The zero-order chi connectivity index (χ0) is 19.1. The van der Waals surface area contributed by atoms with Crippen molar-refractivity contribution in [2.24, 2.45) is 0 Å². The molecule has 2 aromatic heterocycles. The van der Waals surface area contributed by atoms with Gasteiger partial charge in [0.2, 0.25) is 5.82 Å². The minimum absolute atomic E-state index is 0.0512. The van der Waals surface area contributed by atoms with Crippen LogP contribution in [0.5, 0.6) is 0 Å². The maximum absolute atomic E-state index is 13.2. The van der Waals surface area contributed by atoms with Crippen LogP contribution in [0.4, 0.5) is 0 Å². The number of aromatic nitrogens is 3. The number of hydrogen-bond donors (Lipinski definition) is 0. The lowest BCUT2D eigenvalue weighted by atomic mass is 10.0. The molecule has 1 aromatic carbocycles. The van der Waals surface area contributed by atoms with Crippen LogP contribution in [0, 0.1) is 0 Å². The predicted molar refractivity (Wildman–Crippen MR) is 107 cm³/mol. The van der Waals surface area contributed by atoms with E-state index in [-0.39, 0.29) is 17.2 Å². The number of morpholine rings is 1. The molecule has 0 amide bonds. The Morgan fingerprint density at radius 3 is 2.64 bits per heavy atom. The number of furan rings is 1. The van der Waals surface area contributed by atoms with Crippen molar-refractivity contribution in [2.45, 2.75) is 16.4 Å². The molecule has 1 fully saturated rings. The molecule has 4 heterocycles. The Bertz CT molecular complexity index is 983. The van der Waals surface area contributed by atoms with Crippen molar-refractivity contribution in [2.75, 3.05) is 26.3 Å². The van der Waals surface area contributed by atoms with Crippen molar-refractivity contribution >= 4 is 33.6 Å². The van der Waals surface area contributed by atoms with Crippen LogP contribution in [0.1, 0.15) is 16.4 Å². The Kier molecular flexibility index (Phi) is 4.83. The van der Waals surface area contributed by atoms with Gasteiger partial charge in [-0.25, -0.2) is 0 Å². The van der Waals surface area contributed by atoms with Gasteiger partial charge in [-0.05, 0) is 29.8 Å². The van der Waals surface area contributed by atoms with Crippen LogP contribution in [-0.4, -0.2) is 57.1 Å². The fourth-order valence-electron chi connectivity index (χ4n) is 3.60. The molecule has 0 bridgehead atoms. The zero-order valence-electron chi connectivity index (χ0n) is 14.8. The van der Waals surface area contributed by atoms with Gasteiger partial charge in [0.05, 0.1) is 25.5 Å². The fraction of sp³-hybridized carbons (Fsp3) is 0.316. The summed E-state index contributed by atoms with van der Waals surface area (Å²) in [5.41, 5.74) is 1.10. The van der Waals surface area contributed by atoms with Crippen LogP contribution in [0.25, 0.3) is 11.6 Å². The summed E-state index contributed by atoms with van der Waals surface area (Å²) in [7, 11) is 0. The van der Waals surface area contributed by atoms with Crippen molar-refractivity contribution in [1.82, 2.24) is 19.7 Å². The van der Waals surface area contributed by atoms with E-state index in [0.717, 1.165) is 23.1 Å². The van der Waals surface area contributed by atoms with Gasteiger partial charge in [0.1, 0.15) is 5.25 Å². The van der Waals surface area contributed by atoms with Crippen LogP contribution < -0.4 is 0 Å². The third kappa shape index (κ3) is 3.22. The molecule has 3 aromatic rings. The van der Waals surface area contributed by atoms with E-state index in [1.165, 1.54) is 16.4 Å².